The summed E-state index contributed by atoms with van der Waals surface area (Å²) in [7, 11) is 0. The Kier molecular flexibility index (Phi) is 9.32. The van der Waals surface area contributed by atoms with Gasteiger partial charge in [-0.1, -0.05) is 31.5 Å². The molecule has 7 heteroatoms. The Bertz CT molecular complexity index is 595. The van der Waals surface area contributed by atoms with Crippen molar-refractivity contribution < 1.29 is 4.79 Å². The number of halogens is 2. The van der Waals surface area contributed by atoms with Crippen molar-refractivity contribution in [3.05, 3.63) is 23.4 Å². The van der Waals surface area contributed by atoms with Gasteiger partial charge in [0.05, 0.1) is 23.5 Å². The van der Waals surface area contributed by atoms with Crippen LogP contribution in [0.25, 0.3) is 0 Å². The summed E-state index contributed by atoms with van der Waals surface area (Å²) in [5, 5.41) is 9.81. The minimum atomic E-state index is -0.300. The third-order valence-corrected chi connectivity index (χ3v) is 6.24. The van der Waals surface area contributed by atoms with Crippen LogP contribution in [0.1, 0.15) is 46.5 Å². The predicted molar refractivity (Wildman–Crippen MR) is 119 cm³/mol. The number of hydrogen-bond donors (Lipinski definition) is 1. The number of nitrogens with one attached hydrogen (secondary N) is 1. The van der Waals surface area contributed by atoms with Crippen molar-refractivity contribution in [2.45, 2.75) is 57.9 Å². The summed E-state index contributed by atoms with van der Waals surface area (Å²) in [5.74, 6) is 0.598. The van der Waals surface area contributed by atoms with Crippen molar-refractivity contribution in [3.63, 3.8) is 0 Å². The summed E-state index contributed by atoms with van der Waals surface area (Å²) >= 11 is 12.7. The zero-order valence-corrected chi connectivity index (χ0v) is 18.8. The van der Waals surface area contributed by atoms with E-state index in [9.17, 15) is 4.79 Å². The fourth-order valence-corrected chi connectivity index (χ4v) is 4.88. The normalized spacial score (nSPS) is 30.7. The topological polar surface area (TPSA) is 47.9 Å². The molecule has 3 unspecified atom stereocenters. The Labute approximate surface area is 179 Å². The Hall–Kier alpha value is -1.04. The van der Waals surface area contributed by atoms with Gasteiger partial charge in [-0.05, 0) is 51.6 Å². The van der Waals surface area contributed by atoms with E-state index in [4.69, 9.17) is 23.2 Å². The Morgan fingerprint density at radius 3 is 2.57 bits per heavy atom. The average Bonchev–Trinajstić information content (AvgIpc) is 2.71. The summed E-state index contributed by atoms with van der Waals surface area (Å²) < 4.78 is 0. The second-order valence-corrected chi connectivity index (χ2v) is 8.57. The maximum atomic E-state index is 12.9. The standard InChI is InChI=1S/C19H28Cl2N4O.C2H6/c1-3-4-16(21)18(13(2)20)25-11-15(5-8-22-25)19(26)23-17-12-24-9-6-14(17)7-10-24;1-2/h3,8,14-17H,1,4-7,9-12H2,2H3,(H,23,26);1-2H3/b18-13-;. The van der Waals surface area contributed by atoms with Gasteiger partial charge >= 0.3 is 0 Å². The summed E-state index contributed by atoms with van der Waals surface area (Å²) in [6.07, 6.45) is 7.19. The van der Waals surface area contributed by atoms with Crippen molar-refractivity contribution >= 4 is 35.3 Å². The molecule has 0 aromatic carbocycles. The lowest BCUT2D eigenvalue weighted by Gasteiger charge is -2.45. The van der Waals surface area contributed by atoms with Gasteiger partial charge in [0, 0.05) is 23.8 Å². The molecule has 4 aliphatic heterocycles. The van der Waals surface area contributed by atoms with Gasteiger partial charge in [0.25, 0.3) is 0 Å². The molecule has 158 valence electrons. The van der Waals surface area contributed by atoms with Gasteiger partial charge in [0.2, 0.25) is 5.91 Å². The first kappa shape index (κ1) is 23.2. The maximum absolute atomic E-state index is 12.9. The van der Waals surface area contributed by atoms with Crippen molar-refractivity contribution in [1.82, 2.24) is 15.2 Å². The van der Waals surface area contributed by atoms with Crippen LogP contribution >= 0.6 is 23.2 Å². The van der Waals surface area contributed by atoms with Gasteiger partial charge in [-0.3, -0.25) is 9.80 Å². The minimum Gasteiger partial charge on any atom is -0.351 e. The van der Waals surface area contributed by atoms with Gasteiger partial charge in [0.1, 0.15) is 0 Å². The molecule has 3 atom stereocenters. The van der Waals surface area contributed by atoms with Crippen LogP contribution in [0.5, 0.6) is 0 Å². The number of rotatable bonds is 6. The van der Waals surface area contributed by atoms with Crippen LogP contribution in [0.3, 0.4) is 0 Å². The lowest BCUT2D eigenvalue weighted by atomic mass is 9.83. The van der Waals surface area contributed by atoms with Crippen LogP contribution < -0.4 is 5.32 Å². The highest BCUT2D eigenvalue weighted by atomic mass is 35.5. The summed E-state index contributed by atoms with van der Waals surface area (Å²) in [6.45, 7) is 13.4. The van der Waals surface area contributed by atoms with E-state index in [0.717, 1.165) is 12.2 Å². The van der Waals surface area contributed by atoms with Crippen molar-refractivity contribution in [3.8, 4) is 0 Å². The van der Waals surface area contributed by atoms with Gasteiger partial charge in [-0.2, -0.15) is 5.10 Å². The number of allylic oxidation sites excluding steroid dienone is 3. The van der Waals surface area contributed by atoms with Gasteiger partial charge in [0.15, 0.2) is 0 Å². The highest BCUT2D eigenvalue weighted by Gasteiger charge is 2.36. The average molecular weight is 429 g/mol. The monoisotopic (exact) mass is 428 g/mol. The molecule has 1 N–H and O–H groups in total. The van der Waals surface area contributed by atoms with E-state index < -0.39 is 0 Å². The first-order valence-corrected chi connectivity index (χ1v) is 11.2. The van der Waals surface area contributed by atoms with Gasteiger partial charge < -0.3 is 10.2 Å². The summed E-state index contributed by atoms with van der Waals surface area (Å²) in [4.78, 5) is 15.3. The molecule has 4 heterocycles. The summed E-state index contributed by atoms with van der Waals surface area (Å²) in [5.41, 5.74) is 0.754. The van der Waals surface area contributed by atoms with Crippen LogP contribution in [0.15, 0.2) is 28.5 Å². The van der Waals surface area contributed by atoms with Crippen LogP contribution in [0.2, 0.25) is 0 Å². The van der Waals surface area contributed by atoms with E-state index in [1.165, 1.54) is 25.9 Å². The molecule has 0 saturated carbocycles. The Morgan fingerprint density at radius 1 is 1.36 bits per heavy atom. The van der Waals surface area contributed by atoms with Gasteiger partial charge in [-0.15, -0.1) is 18.2 Å². The van der Waals surface area contributed by atoms with E-state index in [2.05, 4.69) is 21.9 Å². The second-order valence-electron chi connectivity index (χ2n) is 7.48. The third-order valence-electron chi connectivity index (χ3n) is 5.66. The second kappa shape index (κ2) is 11.2. The number of hydrogen-bond acceptors (Lipinski definition) is 4. The lowest BCUT2D eigenvalue weighted by molar-refractivity contribution is -0.127. The number of carbonyl (C=O) groups excluding carboxylic acids is 1. The fourth-order valence-electron chi connectivity index (χ4n) is 4.20. The lowest BCUT2D eigenvalue weighted by Crippen LogP contribution is -2.58. The Balaban J connectivity index is 0.00000136. The zero-order valence-electron chi connectivity index (χ0n) is 17.3. The van der Waals surface area contributed by atoms with E-state index in [1.54, 1.807) is 17.3 Å². The molecule has 5 nitrogen and oxygen atoms in total. The number of amides is 1. The molecule has 0 aliphatic carbocycles. The smallest absolute Gasteiger partial charge is 0.225 e. The van der Waals surface area contributed by atoms with E-state index in [-0.39, 0.29) is 23.2 Å². The molecular formula is C21H34Cl2N4O. The molecular weight excluding hydrogens is 395 g/mol. The summed E-state index contributed by atoms with van der Waals surface area (Å²) in [6, 6.07) is 0.281. The number of piperidine rings is 3. The molecule has 28 heavy (non-hydrogen) atoms. The maximum Gasteiger partial charge on any atom is 0.225 e. The fraction of sp³-hybridized carbons (Fsp3) is 0.714. The molecule has 0 aromatic rings. The molecule has 2 bridgehead atoms. The first-order valence-electron chi connectivity index (χ1n) is 10.4. The molecule has 3 saturated heterocycles. The van der Waals surface area contributed by atoms with Crippen LogP contribution in [-0.4, -0.2) is 59.6 Å². The zero-order chi connectivity index (χ0) is 20.7. The molecule has 3 fully saturated rings. The van der Waals surface area contributed by atoms with Crippen molar-refractivity contribution in [2.24, 2.45) is 16.9 Å². The van der Waals surface area contributed by atoms with Gasteiger partial charge in [-0.25, -0.2) is 0 Å². The molecule has 0 spiro atoms. The Morgan fingerprint density at radius 2 is 2.04 bits per heavy atom. The first-order chi connectivity index (χ1) is 13.5. The molecule has 1 amide bonds. The van der Waals surface area contributed by atoms with Crippen LogP contribution in [-0.2, 0) is 4.79 Å². The predicted octanol–water partition coefficient (Wildman–Crippen LogP) is 4.18. The van der Waals surface area contributed by atoms with Crippen molar-refractivity contribution in [1.29, 1.82) is 0 Å². The molecule has 0 radical (unpaired) electrons. The highest BCUT2D eigenvalue weighted by Crippen LogP contribution is 2.30. The SMILES string of the molecule is C=CCC(Cl)/C(=C(\C)Cl)N1CC(C(=O)NC2CN3CCC2CC3)CC=N1.CC. The van der Waals surface area contributed by atoms with Crippen molar-refractivity contribution in [2.75, 3.05) is 26.2 Å². The molecule has 4 rings (SSSR count). The number of carbonyl (C=O) groups is 1. The van der Waals surface area contributed by atoms with Crippen LogP contribution in [0, 0.1) is 11.8 Å². The molecule has 0 aromatic heterocycles. The third kappa shape index (κ3) is 5.74. The highest BCUT2D eigenvalue weighted by molar-refractivity contribution is 6.31. The number of alkyl halides is 1. The largest absolute Gasteiger partial charge is 0.351 e. The number of fused-ring (bicyclic) bond motifs is 3. The minimum absolute atomic E-state index is 0.112. The van der Waals surface area contributed by atoms with Crippen LogP contribution in [0.4, 0.5) is 0 Å². The van der Waals surface area contributed by atoms with E-state index in [0.29, 0.717) is 30.3 Å². The number of nitrogens with zero attached hydrogens (tertiary/aromatic N) is 3. The molecule has 4 aliphatic rings. The van der Waals surface area contributed by atoms with E-state index >= 15 is 0 Å². The quantitative estimate of drug-likeness (QED) is 0.509. The van der Waals surface area contributed by atoms with E-state index in [1.807, 2.05) is 20.8 Å². The number of hydrazone groups is 1.